The maximum absolute atomic E-state index is 13.4. The molecule has 4 N–H and O–H groups in total. The van der Waals surface area contributed by atoms with E-state index in [0.717, 1.165) is 54.9 Å². The summed E-state index contributed by atoms with van der Waals surface area (Å²) in [5, 5.41) is 19.9. The minimum absolute atomic E-state index is 0.0533. The number of carbonyl (C=O) groups excluding carboxylic acids is 3. The number of amides is 3. The fraction of sp³-hybridized carbons (Fsp3) is 0.531. The van der Waals surface area contributed by atoms with Crippen LogP contribution in [0, 0.1) is 12.8 Å². The first-order valence-electron chi connectivity index (χ1n) is 14.9. The van der Waals surface area contributed by atoms with Gasteiger partial charge < -0.3 is 30.7 Å². The van der Waals surface area contributed by atoms with Crippen LogP contribution in [0.2, 0.25) is 5.02 Å². The minimum Gasteiger partial charge on any atom is -0.489 e. The molecule has 0 aromatic heterocycles. The van der Waals surface area contributed by atoms with Gasteiger partial charge in [-0.3, -0.25) is 14.4 Å². The van der Waals surface area contributed by atoms with Crippen LogP contribution in [0.5, 0.6) is 5.75 Å². The zero-order chi connectivity index (χ0) is 30.2. The van der Waals surface area contributed by atoms with E-state index < -0.39 is 24.1 Å². The van der Waals surface area contributed by atoms with Gasteiger partial charge in [0, 0.05) is 25.2 Å². The number of benzene rings is 2. The number of hydrogen-bond acceptors (Lipinski definition) is 6. The zero-order valence-electron chi connectivity index (χ0n) is 24.7. The van der Waals surface area contributed by atoms with Crippen molar-refractivity contribution < 1.29 is 24.2 Å². The van der Waals surface area contributed by atoms with Crippen molar-refractivity contribution >= 4 is 29.3 Å². The van der Waals surface area contributed by atoms with E-state index in [-0.39, 0.29) is 30.4 Å². The Kier molecular flexibility index (Phi) is 11.2. The average molecular weight is 599 g/mol. The van der Waals surface area contributed by atoms with Gasteiger partial charge in [-0.1, -0.05) is 47.5 Å². The topological polar surface area (TPSA) is 120 Å². The molecule has 0 spiro atoms. The molecule has 5 rings (SSSR count). The van der Waals surface area contributed by atoms with E-state index in [1.807, 2.05) is 37.3 Å². The van der Waals surface area contributed by atoms with E-state index in [1.165, 1.54) is 30.0 Å². The molecular formula is C32H43ClN4O5. The summed E-state index contributed by atoms with van der Waals surface area (Å²) in [7, 11) is 1.54. The normalized spacial score (nSPS) is 24.5. The predicted octanol–water partition coefficient (Wildman–Crippen LogP) is 2.78. The van der Waals surface area contributed by atoms with Crippen LogP contribution in [0.1, 0.15) is 49.3 Å². The number of aliphatic hydroxyl groups excluding tert-OH is 1. The number of nitrogens with zero attached hydrogens (tertiary/aromatic N) is 1. The number of hydrogen-bond donors (Lipinski definition) is 4. The number of nitrogens with one attached hydrogen (secondary N) is 3. The zero-order valence-corrected chi connectivity index (χ0v) is 25.5. The van der Waals surface area contributed by atoms with Gasteiger partial charge in [0.25, 0.3) is 0 Å². The highest BCUT2D eigenvalue weighted by Crippen LogP contribution is 2.35. The summed E-state index contributed by atoms with van der Waals surface area (Å²) >= 11 is 5.61. The number of likely N-dealkylation sites (N-methyl/N-ethyl adjacent to an activating group) is 1. The fourth-order valence-corrected chi connectivity index (χ4v) is 5.59. The largest absolute Gasteiger partial charge is 0.489 e. The summed E-state index contributed by atoms with van der Waals surface area (Å²) in [5.41, 5.74) is 3.57. The Balaban J connectivity index is 0.000000437. The maximum atomic E-state index is 13.4. The van der Waals surface area contributed by atoms with Crippen LogP contribution >= 0.6 is 11.6 Å². The van der Waals surface area contributed by atoms with Gasteiger partial charge in [0.05, 0.1) is 18.7 Å². The van der Waals surface area contributed by atoms with Crippen LogP contribution in [0.4, 0.5) is 0 Å². The second-order valence-electron chi connectivity index (χ2n) is 11.5. The molecule has 4 unspecified atom stereocenters. The van der Waals surface area contributed by atoms with E-state index in [1.54, 1.807) is 0 Å². The molecule has 0 saturated heterocycles. The van der Waals surface area contributed by atoms with Gasteiger partial charge in [-0.25, -0.2) is 0 Å². The molecule has 4 atom stereocenters. The van der Waals surface area contributed by atoms with Crippen LogP contribution < -0.4 is 20.7 Å². The highest BCUT2D eigenvalue weighted by molar-refractivity contribution is 6.30. The highest BCUT2D eigenvalue weighted by Gasteiger charge is 2.41. The van der Waals surface area contributed by atoms with Crippen LogP contribution in [0.3, 0.4) is 0 Å². The Morgan fingerprint density at radius 1 is 1.00 bits per heavy atom. The number of aliphatic hydroxyl groups is 1. The Morgan fingerprint density at radius 2 is 1.69 bits per heavy atom. The third-order valence-electron chi connectivity index (χ3n) is 7.99. The highest BCUT2D eigenvalue weighted by atomic mass is 35.5. The SMILES string of the molecule is CC(O)C1C(=O)NCC(=O)NCCCc2cccc3c2OC(CC3)CNC(C2CC2)C(=O)N1C.Cc1ccc(Cl)cc1. The van der Waals surface area contributed by atoms with Crippen molar-refractivity contribution in [1.82, 2.24) is 20.9 Å². The summed E-state index contributed by atoms with van der Waals surface area (Å²) in [5.74, 6) is 0.0489. The summed E-state index contributed by atoms with van der Waals surface area (Å²) < 4.78 is 6.39. The van der Waals surface area contributed by atoms with Crippen LogP contribution in [-0.2, 0) is 27.2 Å². The summed E-state index contributed by atoms with van der Waals surface area (Å²) in [6, 6.07) is 12.4. The van der Waals surface area contributed by atoms with E-state index in [4.69, 9.17) is 16.3 Å². The standard InChI is InChI=1S/C25H36N4O5.C7H7Cl/c1-15(30)22-24(32)28-14-20(31)26-12-4-7-17-5-3-6-18-10-11-19(34-23(17)18)13-27-21(16-8-9-16)25(33)29(22)2;1-6-2-4-7(8)5-3-6/h3,5-6,15-16,19,21-22,27,30H,4,7-14H2,1-2H3,(H,26,31)(H,28,32);2-5H,1H3. The smallest absolute Gasteiger partial charge is 0.245 e. The summed E-state index contributed by atoms with van der Waals surface area (Å²) in [4.78, 5) is 39.8. The number of aryl methyl sites for hydroxylation is 3. The van der Waals surface area contributed by atoms with Gasteiger partial charge in [-0.05, 0) is 81.5 Å². The first-order valence-corrected chi connectivity index (χ1v) is 15.2. The van der Waals surface area contributed by atoms with Gasteiger partial charge >= 0.3 is 0 Å². The minimum atomic E-state index is -1.08. The lowest BCUT2D eigenvalue weighted by Crippen LogP contribution is -2.59. The van der Waals surface area contributed by atoms with Crippen molar-refractivity contribution in [2.75, 3.05) is 26.7 Å². The monoisotopic (exact) mass is 598 g/mol. The number of para-hydroxylation sites is 1. The number of halogens is 1. The quantitative estimate of drug-likeness (QED) is 0.422. The second kappa shape index (κ2) is 14.8. The van der Waals surface area contributed by atoms with E-state index in [0.29, 0.717) is 13.1 Å². The van der Waals surface area contributed by atoms with Crippen molar-refractivity contribution in [2.45, 2.75) is 76.7 Å². The first-order chi connectivity index (χ1) is 20.1. The molecule has 10 heteroatoms. The van der Waals surface area contributed by atoms with E-state index in [2.05, 4.69) is 28.1 Å². The molecule has 42 heavy (non-hydrogen) atoms. The molecule has 228 valence electrons. The molecule has 1 saturated carbocycles. The molecule has 2 heterocycles. The lowest BCUT2D eigenvalue weighted by molar-refractivity contribution is -0.145. The van der Waals surface area contributed by atoms with E-state index >= 15 is 0 Å². The lowest BCUT2D eigenvalue weighted by atomic mass is 9.97. The van der Waals surface area contributed by atoms with Crippen molar-refractivity contribution in [3.63, 3.8) is 0 Å². The Morgan fingerprint density at radius 3 is 2.33 bits per heavy atom. The average Bonchev–Trinajstić information content (AvgIpc) is 3.81. The van der Waals surface area contributed by atoms with Crippen molar-refractivity contribution in [2.24, 2.45) is 5.92 Å². The lowest BCUT2D eigenvalue weighted by Gasteiger charge is -2.34. The van der Waals surface area contributed by atoms with Crippen LogP contribution in [0.25, 0.3) is 0 Å². The molecule has 9 nitrogen and oxygen atoms in total. The number of ether oxygens (including phenoxy) is 1. The van der Waals surface area contributed by atoms with Gasteiger partial charge in [0.2, 0.25) is 17.7 Å². The molecule has 2 bridgehead atoms. The molecule has 1 aliphatic carbocycles. The van der Waals surface area contributed by atoms with Gasteiger partial charge in [0.15, 0.2) is 0 Å². The Labute approximate surface area is 253 Å². The van der Waals surface area contributed by atoms with Gasteiger partial charge in [-0.2, -0.15) is 0 Å². The van der Waals surface area contributed by atoms with Crippen molar-refractivity contribution in [3.05, 3.63) is 64.2 Å². The number of carbonyl (C=O) groups is 3. The molecular weight excluding hydrogens is 556 g/mol. The molecule has 0 radical (unpaired) electrons. The first kappa shape index (κ1) is 31.8. The third-order valence-corrected chi connectivity index (χ3v) is 8.24. The van der Waals surface area contributed by atoms with Gasteiger partial charge in [-0.15, -0.1) is 0 Å². The molecule has 2 aliphatic heterocycles. The molecule has 2 aromatic carbocycles. The number of rotatable bonds is 2. The predicted molar refractivity (Wildman–Crippen MR) is 162 cm³/mol. The number of fused-ring (bicyclic) bond motifs is 1. The van der Waals surface area contributed by atoms with Crippen LogP contribution in [-0.4, -0.2) is 78.7 Å². The van der Waals surface area contributed by atoms with Gasteiger partial charge in [0.1, 0.15) is 17.9 Å². The summed E-state index contributed by atoms with van der Waals surface area (Å²) in [6.07, 6.45) is 4.05. The third kappa shape index (κ3) is 8.69. The van der Waals surface area contributed by atoms with E-state index in [9.17, 15) is 19.5 Å². The molecule has 3 aliphatic rings. The molecule has 2 aromatic rings. The van der Waals surface area contributed by atoms with Crippen LogP contribution in [0.15, 0.2) is 42.5 Å². The fourth-order valence-electron chi connectivity index (χ4n) is 5.46. The van der Waals surface area contributed by atoms with Crippen molar-refractivity contribution in [1.29, 1.82) is 0 Å². The molecule has 1 fully saturated rings. The Bertz CT molecular complexity index is 1210. The summed E-state index contributed by atoms with van der Waals surface area (Å²) in [6.45, 7) is 4.32. The maximum Gasteiger partial charge on any atom is 0.245 e. The van der Waals surface area contributed by atoms with Crippen molar-refractivity contribution in [3.8, 4) is 5.75 Å². The Hall–Kier alpha value is -3.14. The second-order valence-corrected chi connectivity index (χ2v) is 11.9. The molecule has 3 amide bonds.